The molecular weight excluding hydrogens is 470 g/mol. The SMILES string of the molecule is Cc1ccc(C2c3cccn3-c3ccccc3N2C(=O)CN(C(=O)c2cccc(Cl)c2)C(C)C)cc1. The Morgan fingerprint density at radius 3 is 2.33 bits per heavy atom. The summed E-state index contributed by atoms with van der Waals surface area (Å²) in [6.45, 7) is 5.83. The zero-order valence-corrected chi connectivity index (χ0v) is 21.3. The minimum absolute atomic E-state index is 0.0551. The molecule has 0 saturated carbocycles. The first-order valence-electron chi connectivity index (χ1n) is 12.1. The van der Waals surface area contributed by atoms with Gasteiger partial charge in [-0.25, -0.2) is 0 Å². The number of hydrogen-bond donors (Lipinski definition) is 0. The van der Waals surface area contributed by atoms with Crippen LogP contribution in [0.4, 0.5) is 5.69 Å². The van der Waals surface area contributed by atoms with Crippen molar-refractivity contribution in [3.05, 3.63) is 119 Å². The lowest BCUT2D eigenvalue weighted by Gasteiger charge is -2.40. The first kappa shape index (κ1) is 23.9. The van der Waals surface area contributed by atoms with E-state index in [0.29, 0.717) is 10.6 Å². The minimum Gasteiger partial charge on any atom is -0.327 e. The van der Waals surface area contributed by atoms with E-state index in [4.69, 9.17) is 11.6 Å². The number of rotatable bonds is 5. The number of hydrogen-bond acceptors (Lipinski definition) is 2. The van der Waals surface area contributed by atoms with Crippen LogP contribution in [-0.4, -0.2) is 33.9 Å². The number of carbonyl (C=O) groups is 2. The predicted molar refractivity (Wildman–Crippen MR) is 144 cm³/mol. The lowest BCUT2D eigenvalue weighted by atomic mass is 9.97. The van der Waals surface area contributed by atoms with Crippen LogP contribution in [0, 0.1) is 6.92 Å². The Labute approximate surface area is 216 Å². The van der Waals surface area contributed by atoms with Gasteiger partial charge in [0, 0.05) is 22.8 Å². The van der Waals surface area contributed by atoms with Crippen molar-refractivity contribution in [3.8, 4) is 5.69 Å². The van der Waals surface area contributed by atoms with Gasteiger partial charge in [0.15, 0.2) is 0 Å². The summed E-state index contributed by atoms with van der Waals surface area (Å²) in [6, 6.07) is 26.6. The van der Waals surface area contributed by atoms with E-state index in [1.165, 1.54) is 0 Å². The Hall–Kier alpha value is -3.83. The third-order valence-corrected chi connectivity index (χ3v) is 6.88. The fourth-order valence-electron chi connectivity index (χ4n) is 4.82. The number of halogens is 1. The topological polar surface area (TPSA) is 45.6 Å². The zero-order chi connectivity index (χ0) is 25.4. The number of amides is 2. The van der Waals surface area contributed by atoms with E-state index in [1.807, 2.05) is 62.2 Å². The summed E-state index contributed by atoms with van der Waals surface area (Å²) in [4.78, 5) is 31.0. The molecule has 3 aromatic carbocycles. The molecule has 2 heterocycles. The molecule has 1 atom stereocenters. The fraction of sp³-hybridized carbons (Fsp3) is 0.200. The predicted octanol–water partition coefficient (Wildman–Crippen LogP) is 6.43. The van der Waals surface area contributed by atoms with Gasteiger partial charge < -0.3 is 9.47 Å². The standard InChI is InChI=1S/C30H28ClN3O2/c1-20(2)33(30(36)23-8-6-9-24(31)18-23)19-28(35)34-26-11-5-4-10-25(26)32-17-7-12-27(32)29(34)22-15-13-21(3)14-16-22/h4-18,20,29H,19H2,1-3H3. The van der Waals surface area contributed by atoms with Gasteiger partial charge in [-0.05, 0) is 68.8 Å². The second-order valence-corrected chi connectivity index (χ2v) is 9.84. The van der Waals surface area contributed by atoms with E-state index >= 15 is 0 Å². The molecule has 0 bridgehead atoms. The number of aryl methyl sites for hydroxylation is 1. The maximum Gasteiger partial charge on any atom is 0.254 e. The van der Waals surface area contributed by atoms with Crippen LogP contribution in [0.2, 0.25) is 5.02 Å². The highest BCUT2D eigenvalue weighted by Crippen LogP contribution is 2.42. The molecule has 36 heavy (non-hydrogen) atoms. The van der Waals surface area contributed by atoms with E-state index in [2.05, 4.69) is 34.9 Å². The number of carbonyl (C=O) groups excluding carboxylic acids is 2. The Morgan fingerprint density at radius 2 is 1.64 bits per heavy atom. The molecule has 4 aromatic rings. The number of anilines is 1. The quantitative estimate of drug-likeness (QED) is 0.319. The van der Waals surface area contributed by atoms with Gasteiger partial charge in [0.1, 0.15) is 12.6 Å². The fourth-order valence-corrected chi connectivity index (χ4v) is 5.01. The summed E-state index contributed by atoms with van der Waals surface area (Å²) >= 11 is 6.14. The van der Waals surface area contributed by atoms with Gasteiger partial charge in [0.2, 0.25) is 5.91 Å². The minimum atomic E-state index is -0.321. The van der Waals surface area contributed by atoms with Gasteiger partial charge in [-0.15, -0.1) is 0 Å². The van der Waals surface area contributed by atoms with Gasteiger partial charge in [0.25, 0.3) is 5.91 Å². The van der Waals surface area contributed by atoms with E-state index in [0.717, 1.165) is 28.2 Å². The van der Waals surface area contributed by atoms with E-state index in [-0.39, 0.29) is 30.4 Å². The first-order valence-corrected chi connectivity index (χ1v) is 12.4. The third-order valence-electron chi connectivity index (χ3n) is 6.64. The molecule has 1 aliphatic heterocycles. The molecule has 0 N–H and O–H groups in total. The molecular formula is C30H28ClN3O2. The van der Waals surface area contributed by atoms with Crippen molar-refractivity contribution in [1.82, 2.24) is 9.47 Å². The van der Waals surface area contributed by atoms with Crippen LogP contribution in [0.1, 0.15) is 47.1 Å². The molecule has 1 aromatic heterocycles. The highest BCUT2D eigenvalue weighted by molar-refractivity contribution is 6.31. The molecule has 0 radical (unpaired) electrons. The molecule has 6 heteroatoms. The Morgan fingerprint density at radius 1 is 0.917 bits per heavy atom. The number of nitrogens with zero attached hydrogens (tertiary/aromatic N) is 3. The smallest absolute Gasteiger partial charge is 0.254 e. The number of para-hydroxylation sites is 2. The highest BCUT2D eigenvalue weighted by atomic mass is 35.5. The summed E-state index contributed by atoms with van der Waals surface area (Å²) in [5.41, 5.74) is 5.39. The molecule has 2 amide bonds. The molecule has 0 aliphatic carbocycles. The summed E-state index contributed by atoms with van der Waals surface area (Å²) in [6.07, 6.45) is 2.03. The van der Waals surface area contributed by atoms with E-state index in [1.54, 1.807) is 29.2 Å². The average Bonchev–Trinajstić information content (AvgIpc) is 3.36. The number of aromatic nitrogens is 1. The second kappa shape index (κ2) is 9.67. The lowest BCUT2D eigenvalue weighted by molar-refractivity contribution is -0.120. The molecule has 182 valence electrons. The number of benzene rings is 3. The molecule has 0 saturated heterocycles. The summed E-state index contributed by atoms with van der Waals surface area (Å²) in [7, 11) is 0. The molecule has 5 nitrogen and oxygen atoms in total. The van der Waals surface area contributed by atoms with Gasteiger partial charge in [-0.2, -0.15) is 0 Å². The summed E-state index contributed by atoms with van der Waals surface area (Å²) in [5, 5.41) is 0.487. The summed E-state index contributed by atoms with van der Waals surface area (Å²) < 4.78 is 2.14. The maximum absolute atomic E-state index is 14.2. The molecule has 1 unspecified atom stereocenters. The van der Waals surface area contributed by atoms with Crippen LogP contribution in [0.25, 0.3) is 5.69 Å². The normalized spacial score (nSPS) is 14.4. The van der Waals surface area contributed by atoms with Crippen molar-refractivity contribution in [3.63, 3.8) is 0 Å². The van der Waals surface area contributed by atoms with Crippen LogP contribution >= 0.6 is 11.6 Å². The number of fused-ring (bicyclic) bond motifs is 3. The summed E-state index contributed by atoms with van der Waals surface area (Å²) in [5.74, 6) is -0.369. The van der Waals surface area contributed by atoms with Crippen molar-refractivity contribution in [1.29, 1.82) is 0 Å². The molecule has 0 fully saturated rings. The van der Waals surface area contributed by atoms with Crippen molar-refractivity contribution in [2.45, 2.75) is 32.9 Å². The van der Waals surface area contributed by atoms with Crippen LogP contribution in [-0.2, 0) is 4.79 Å². The zero-order valence-electron chi connectivity index (χ0n) is 20.6. The van der Waals surface area contributed by atoms with Crippen LogP contribution in [0.5, 0.6) is 0 Å². The molecule has 5 rings (SSSR count). The largest absolute Gasteiger partial charge is 0.327 e. The van der Waals surface area contributed by atoms with E-state index < -0.39 is 0 Å². The van der Waals surface area contributed by atoms with Crippen molar-refractivity contribution < 1.29 is 9.59 Å². The Balaban J connectivity index is 1.57. The van der Waals surface area contributed by atoms with Gasteiger partial charge in [-0.1, -0.05) is 59.6 Å². The van der Waals surface area contributed by atoms with Gasteiger partial charge >= 0.3 is 0 Å². The maximum atomic E-state index is 14.2. The van der Waals surface area contributed by atoms with Gasteiger partial charge in [-0.3, -0.25) is 14.5 Å². The van der Waals surface area contributed by atoms with Crippen molar-refractivity contribution >= 4 is 29.1 Å². The molecule has 1 aliphatic rings. The Bertz CT molecular complexity index is 1420. The lowest BCUT2D eigenvalue weighted by Crippen LogP contribution is -2.48. The van der Waals surface area contributed by atoms with Crippen LogP contribution in [0.3, 0.4) is 0 Å². The molecule has 0 spiro atoms. The van der Waals surface area contributed by atoms with E-state index in [9.17, 15) is 9.59 Å². The average molecular weight is 498 g/mol. The highest BCUT2D eigenvalue weighted by Gasteiger charge is 2.37. The van der Waals surface area contributed by atoms with Crippen molar-refractivity contribution in [2.24, 2.45) is 0 Å². The van der Waals surface area contributed by atoms with Gasteiger partial charge in [0.05, 0.1) is 17.1 Å². The second-order valence-electron chi connectivity index (χ2n) is 9.41. The monoisotopic (exact) mass is 497 g/mol. The Kier molecular flexibility index (Phi) is 6.42. The van der Waals surface area contributed by atoms with Crippen LogP contribution < -0.4 is 4.90 Å². The third kappa shape index (κ3) is 4.31. The van der Waals surface area contributed by atoms with Crippen molar-refractivity contribution in [2.75, 3.05) is 11.4 Å². The first-order chi connectivity index (χ1) is 17.3. The van der Waals surface area contributed by atoms with Crippen LogP contribution in [0.15, 0.2) is 91.1 Å².